The molecule has 3 rings (SSSR count). The lowest BCUT2D eigenvalue weighted by atomic mass is 10.1. The number of fused-ring (bicyclic) bond motifs is 1. The number of benzene rings is 2. The first-order valence-electron chi connectivity index (χ1n) is 6.34. The van der Waals surface area contributed by atoms with E-state index >= 15 is 0 Å². The molecule has 1 N–H and O–H groups in total. The standard InChI is InChI=1S/C16H16IN/c1-11-6-8-13(10-15(11)17)18-16-9-7-12-4-2-3-5-14(12)16/h2-6,8,10,16,18H,7,9H2,1H3. The van der Waals surface area contributed by atoms with E-state index in [1.54, 1.807) is 0 Å². The van der Waals surface area contributed by atoms with Gasteiger partial charge in [-0.2, -0.15) is 0 Å². The molecule has 0 heterocycles. The molecule has 0 aliphatic heterocycles. The van der Waals surface area contributed by atoms with Gasteiger partial charge in [0.1, 0.15) is 0 Å². The van der Waals surface area contributed by atoms with Crippen LogP contribution in [-0.2, 0) is 6.42 Å². The Morgan fingerprint density at radius 2 is 2.00 bits per heavy atom. The van der Waals surface area contributed by atoms with Gasteiger partial charge in [-0.15, -0.1) is 0 Å². The quantitative estimate of drug-likeness (QED) is 0.775. The summed E-state index contributed by atoms with van der Waals surface area (Å²) in [5, 5.41) is 3.66. The highest BCUT2D eigenvalue weighted by molar-refractivity contribution is 14.1. The van der Waals surface area contributed by atoms with Crippen LogP contribution < -0.4 is 5.32 Å². The highest BCUT2D eigenvalue weighted by atomic mass is 127. The summed E-state index contributed by atoms with van der Waals surface area (Å²) in [6.45, 7) is 2.15. The van der Waals surface area contributed by atoms with Gasteiger partial charge in [0, 0.05) is 9.26 Å². The number of nitrogens with one attached hydrogen (secondary N) is 1. The maximum Gasteiger partial charge on any atom is 0.0519 e. The molecule has 1 aliphatic rings. The minimum atomic E-state index is 0.472. The number of aryl methyl sites for hydroxylation is 2. The highest BCUT2D eigenvalue weighted by Gasteiger charge is 2.21. The minimum absolute atomic E-state index is 0.472. The summed E-state index contributed by atoms with van der Waals surface area (Å²) in [5.74, 6) is 0. The average Bonchev–Trinajstić information content (AvgIpc) is 2.78. The third-order valence-corrected chi connectivity index (χ3v) is 4.81. The normalized spacial score (nSPS) is 17.6. The van der Waals surface area contributed by atoms with E-state index in [-0.39, 0.29) is 0 Å². The van der Waals surface area contributed by atoms with Crippen LogP contribution in [0.15, 0.2) is 42.5 Å². The molecular weight excluding hydrogens is 333 g/mol. The molecule has 2 heteroatoms. The van der Waals surface area contributed by atoms with Gasteiger partial charge in [-0.05, 0) is 71.2 Å². The fourth-order valence-electron chi connectivity index (χ4n) is 2.59. The summed E-state index contributed by atoms with van der Waals surface area (Å²) in [4.78, 5) is 0. The summed E-state index contributed by atoms with van der Waals surface area (Å²) in [5.41, 5.74) is 5.53. The first-order valence-corrected chi connectivity index (χ1v) is 7.42. The van der Waals surface area contributed by atoms with Crippen molar-refractivity contribution in [3.63, 3.8) is 0 Å². The first kappa shape index (κ1) is 12.0. The van der Waals surface area contributed by atoms with Crippen LogP contribution in [0.2, 0.25) is 0 Å². The topological polar surface area (TPSA) is 12.0 Å². The molecule has 1 nitrogen and oxygen atoms in total. The Kier molecular flexibility index (Phi) is 3.29. The molecule has 0 saturated heterocycles. The van der Waals surface area contributed by atoms with Gasteiger partial charge in [-0.3, -0.25) is 0 Å². The van der Waals surface area contributed by atoms with E-state index in [9.17, 15) is 0 Å². The molecule has 0 bridgehead atoms. The number of hydrogen-bond acceptors (Lipinski definition) is 1. The van der Waals surface area contributed by atoms with Crippen molar-refractivity contribution in [1.29, 1.82) is 0 Å². The number of anilines is 1. The Hall–Kier alpha value is -1.03. The van der Waals surface area contributed by atoms with Gasteiger partial charge in [0.05, 0.1) is 6.04 Å². The number of halogens is 1. The summed E-state index contributed by atoms with van der Waals surface area (Å²) in [6.07, 6.45) is 2.39. The lowest BCUT2D eigenvalue weighted by Crippen LogP contribution is -2.07. The van der Waals surface area contributed by atoms with Gasteiger partial charge >= 0.3 is 0 Å². The Balaban J connectivity index is 1.84. The monoisotopic (exact) mass is 349 g/mol. The van der Waals surface area contributed by atoms with Crippen LogP contribution in [0.5, 0.6) is 0 Å². The second kappa shape index (κ2) is 4.92. The fourth-order valence-corrected chi connectivity index (χ4v) is 3.11. The summed E-state index contributed by atoms with van der Waals surface area (Å²) in [7, 11) is 0. The van der Waals surface area contributed by atoms with E-state index in [1.807, 2.05) is 0 Å². The summed E-state index contributed by atoms with van der Waals surface area (Å²) < 4.78 is 1.32. The van der Waals surface area contributed by atoms with Crippen molar-refractivity contribution in [1.82, 2.24) is 0 Å². The second-order valence-electron chi connectivity index (χ2n) is 4.90. The molecular formula is C16H16IN. The van der Waals surface area contributed by atoms with Crippen molar-refractivity contribution in [2.24, 2.45) is 0 Å². The van der Waals surface area contributed by atoms with Crippen LogP contribution in [0.3, 0.4) is 0 Å². The van der Waals surface area contributed by atoms with Crippen molar-refractivity contribution in [2.75, 3.05) is 5.32 Å². The van der Waals surface area contributed by atoms with Gasteiger partial charge in [-0.1, -0.05) is 30.3 Å². The van der Waals surface area contributed by atoms with Gasteiger partial charge in [0.2, 0.25) is 0 Å². The number of rotatable bonds is 2. The highest BCUT2D eigenvalue weighted by Crippen LogP contribution is 2.33. The van der Waals surface area contributed by atoms with E-state index in [1.165, 1.54) is 38.8 Å². The van der Waals surface area contributed by atoms with Crippen LogP contribution in [0.1, 0.15) is 29.2 Å². The molecule has 0 amide bonds. The average molecular weight is 349 g/mol. The molecule has 18 heavy (non-hydrogen) atoms. The zero-order valence-electron chi connectivity index (χ0n) is 10.4. The summed E-state index contributed by atoms with van der Waals surface area (Å²) >= 11 is 2.40. The van der Waals surface area contributed by atoms with E-state index in [4.69, 9.17) is 0 Å². The SMILES string of the molecule is Cc1ccc(NC2CCc3ccccc32)cc1I. The van der Waals surface area contributed by atoms with Crippen molar-refractivity contribution >= 4 is 28.3 Å². The Morgan fingerprint density at radius 1 is 1.17 bits per heavy atom. The molecule has 2 aromatic carbocycles. The first-order chi connectivity index (χ1) is 8.74. The maximum absolute atomic E-state index is 3.66. The van der Waals surface area contributed by atoms with E-state index in [0.29, 0.717) is 6.04 Å². The third kappa shape index (κ3) is 2.26. The Bertz CT molecular complexity index is 577. The molecule has 0 aromatic heterocycles. The summed E-state index contributed by atoms with van der Waals surface area (Å²) in [6, 6.07) is 15.8. The second-order valence-corrected chi connectivity index (χ2v) is 6.06. The molecule has 0 fully saturated rings. The molecule has 92 valence electrons. The van der Waals surface area contributed by atoms with Crippen molar-refractivity contribution in [3.05, 3.63) is 62.7 Å². The molecule has 0 saturated carbocycles. The predicted octanol–water partition coefficient (Wildman–Crippen LogP) is 4.70. The zero-order chi connectivity index (χ0) is 12.5. The van der Waals surface area contributed by atoms with Crippen LogP contribution in [-0.4, -0.2) is 0 Å². The predicted molar refractivity (Wildman–Crippen MR) is 85.0 cm³/mol. The molecule has 1 unspecified atom stereocenters. The minimum Gasteiger partial charge on any atom is -0.378 e. The smallest absolute Gasteiger partial charge is 0.0519 e. The van der Waals surface area contributed by atoms with Crippen LogP contribution in [0, 0.1) is 10.5 Å². The maximum atomic E-state index is 3.66. The van der Waals surface area contributed by atoms with Crippen molar-refractivity contribution in [2.45, 2.75) is 25.8 Å². The van der Waals surface area contributed by atoms with Gasteiger partial charge in [0.15, 0.2) is 0 Å². The van der Waals surface area contributed by atoms with Crippen molar-refractivity contribution < 1.29 is 0 Å². The van der Waals surface area contributed by atoms with E-state index in [2.05, 4.69) is 77.3 Å². The lowest BCUT2D eigenvalue weighted by Gasteiger charge is -2.16. The molecule has 0 spiro atoms. The number of hydrogen-bond donors (Lipinski definition) is 1. The van der Waals surface area contributed by atoms with Crippen molar-refractivity contribution in [3.8, 4) is 0 Å². The molecule has 0 radical (unpaired) electrons. The molecule has 1 atom stereocenters. The molecule has 1 aliphatic carbocycles. The van der Waals surface area contributed by atoms with Crippen LogP contribution in [0.4, 0.5) is 5.69 Å². The Labute approximate surface area is 122 Å². The van der Waals surface area contributed by atoms with E-state index < -0.39 is 0 Å². The van der Waals surface area contributed by atoms with Gasteiger partial charge in [0.25, 0.3) is 0 Å². The lowest BCUT2D eigenvalue weighted by molar-refractivity contribution is 0.762. The molecule has 2 aromatic rings. The fraction of sp³-hybridized carbons (Fsp3) is 0.250. The van der Waals surface area contributed by atoms with Gasteiger partial charge in [-0.25, -0.2) is 0 Å². The van der Waals surface area contributed by atoms with Crippen LogP contribution >= 0.6 is 22.6 Å². The van der Waals surface area contributed by atoms with Gasteiger partial charge < -0.3 is 5.32 Å². The van der Waals surface area contributed by atoms with Crippen LogP contribution in [0.25, 0.3) is 0 Å². The zero-order valence-corrected chi connectivity index (χ0v) is 12.6. The van der Waals surface area contributed by atoms with E-state index in [0.717, 1.165) is 0 Å². The largest absolute Gasteiger partial charge is 0.378 e. The Morgan fingerprint density at radius 3 is 2.83 bits per heavy atom. The third-order valence-electron chi connectivity index (χ3n) is 3.65.